The van der Waals surface area contributed by atoms with Crippen LogP contribution in [0.1, 0.15) is 158 Å². The van der Waals surface area contributed by atoms with E-state index in [1.807, 2.05) is 0 Å². The van der Waals surface area contributed by atoms with Gasteiger partial charge in [0.1, 0.15) is 41.9 Å². The van der Waals surface area contributed by atoms with Crippen molar-refractivity contribution in [2.75, 3.05) is 0 Å². The summed E-state index contributed by atoms with van der Waals surface area (Å²) in [6, 6.07) is 38.8. The normalized spacial score (nSPS) is 24.9. The largest absolute Gasteiger partial charge is 0.445 e. The van der Waals surface area contributed by atoms with Crippen LogP contribution in [-0.4, -0.2) is 68.9 Å². The average Bonchev–Trinajstić information content (AvgIpc) is 1.60. The number of alkyl carbamates (subject to hydrolysis) is 1. The van der Waals surface area contributed by atoms with Crippen molar-refractivity contribution in [3.05, 3.63) is 249 Å². The first-order valence-corrected chi connectivity index (χ1v) is 32.6. The lowest BCUT2D eigenvalue weighted by Gasteiger charge is -2.37. The van der Waals surface area contributed by atoms with Crippen LogP contribution < -0.4 is 10.6 Å². The van der Waals surface area contributed by atoms with Crippen LogP contribution in [0.25, 0.3) is 0 Å². The van der Waals surface area contributed by atoms with Gasteiger partial charge in [0.2, 0.25) is 12.1 Å². The minimum absolute atomic E-state index is 0.0273. The molecule has 4 fully saturated rings. The molecule has 2 aliphatic heterocycles. The summed E-state index contributed by atoms with van der Waals surface area (Å²) in [7, 11) is 0. The van der Waals surface area contributed by atoms with Crippen molar-refractivity contribution in [1.29, 1.82) is 0 Å². The predicted octanol–water partition coefficient (Wildman–Crippen LogP) is 17.5. The highest BCUT2D eigenvalue weighted by atomic mass is 19.4. The van der Waals surface area contributed by atoms with E-state index >= 15 is 0 Å². The van der Waals surface area contributed by atoms with E-state index < -0.39 is 166 Å². The molecule has 2 heterocycles. The van der Waals surface area contributed by atoms with E-state index in [-0.39, 0.29) is 68.6 Å². The Balaban J connectivity index is 0.000000224. The number of hydrogen-bond acceptors (Lipinski definition) is 11. The summed E-state index contributed by atoms with van der Waals surface area (Å²) >= 11 is 0. The smallest absolute Gasteiger partial charge is 0.416 e. The lowest BCUT2D eigenvalue weighted by Crippen LogP contribution is -2.51. The number of cyclic esters (lactones) is 1. The molecule has 12 atom stereocenters. The molecular formula is C75H69F14N3O11. The highest BCUT2D eigenvalue weighted by molar-refractivity contribution is 5.95. The number of alkyl halides is 12. The number of nitrogens with one attached hydrogen (secondary N) is 2. The third-order valence-corrected chi connectivity index (χ3v) is 19.1. The zero-order chi connectivity index (χ0) is 74.8. The van der Waals surface area contributed by atoms with E-state index in [0.29, 0.717) is 52.1 Å². The third kappa shape index (κ3) is 17.6. The summed E-state index contributed by atoms with van der Waals surface area (Å²) in [4.78, 5) is 69.0. The van der Waals surface area contributed by atoms with Gasteiger partial charge >= 0.3 is 42.9 Å². The number of hydrogen-bond donors (Lipinski definition) is 3. The van der Waals surface area contributed by atoms with E-state index in [4.69, 9.17) is 23.7 Å². The molecule has 7 aromatic rings. The standard InChI is InChI=1S/C41H36F7NO6.C34H33F7N2O5/c1-24(28-19-29(40(43,44)45)21-30(20-28)41(46,47)48)54-34-18-17-32(35(34)26-13-15-31(42)16-14-26)33(50)22-39(2)37(51)55-36(27-11-7-4-8-12-27)49(39)38(52)53-23-25-9-5-3-6-10-25;1-19(22-14-23(33(36,37)38)16-24(15-22)34(39,40)41)48-27-13-12-26(28(27)21-8-10-25(35)11-9-21)32(46)18-31(2,29(44)42-32)43-30(45)47-17-20-6-4-3-5-7-20/h3-16,19-21,24,32,34-36H,17-18,22-23H2,1-2H3;3-11,14-16,19,26-28,46H,12-13,17-18H2,1-2H3,(H,42,44)(H,43,45)/t24-,32+,34+,35+,36+,39-;19-,26-,27+,28+,31-,32?/m11/s1. The minimum atomic E-state index is -5.07. The lowest BCUT2D eigenvalue weighted by atomic mass is 9.78. The number of aliphatic hydroxyl groups is 1. The Kier molecular flexibility index (Phi) is 22.3. The molecule has 14 nitrogen and oxygen atoms in total. The fraction of sp³-hybridized carbons (Fsp3) is 0.373. The van der Waals surface area contributed by atoms with Crippen LogP contribution >= 0.6 is 0 Å². The van der Waals surface area contributed by atoms with E-state index in [1.165, 1.54) is 64.1 Å². The van der Waals surface area contributed by atoms with Crippen molar-refractivity contribution >= 4 is 29.8 Å². The van der Waals surface area contributed by atoms with Crippen molar-refractivity contribution in [1.82, 2.24) is 15.5 Å². The van der Waals surface area contributed by atoms with Crippen molar-refractivity contribution in [3.63, 3.8) is 0 Å². The topological polar surface area (TPSA) is 179 Å². The monoisotopic (exact) mass is 1450 g/mol. The van der Waals surface area contributed by atoms with E-state index in [2.05, 4.69) is 10.6 Å². The number of carbonyl (C=O) groups excluding carboxylic acids is 5. The summed E-state index contributed by atoms with van der Waals surface area (Å²) in [5.74, 6) is -6.61. The second kappa shape index (κ2) is 30.1. The Morgan fingerprint density at radius 2 is 0.981 bits per heavy atom. The molecule has 0 spiro atoms. The van der Waals surface area contributed by atoms with Gasteiger partial charge in [0.25, 0.3) is 0 Å². The van der Waals surface area contributed by atoms with Gasteiger partial charge in [0.15, 0.2) is 5.54 Å². The van der Waals surface area contributed by atoms with Crippen LogP contribution in [0.4, 0.5) is 71.1 Å². The summed E-state index contributed by atoms with van der Waals surface area (Å²) in [6.45, 7) is 5.22. The number of esters is 1. The summed E-state index contributed by atoms with van der Waals surface area (Å²) < 4.78 is 220. The number of Topliss-reactive ketones (excluding diaryl/α,β-unsaturated/α-hetero) is 1. The first-order valence-electron chi connectivity index (χ1n) is 32.6. The molecule has 2 saturated carbocycles. The van der Waals surface area contributed by atoms with Gasteiger partial charge in [-0.15, -0.1) is 0 Å². The molecular weight excluding hydrogens is 1380 g/mol. The molecule has 2 aliphatic carbocycles. The maximum Gasteiger partial charge on any atom is 0.416 e. The maximum atomic E-state index is 14.4. The molecule has 1 unspecified atom stereocenters. The lowest BCUT2D eigenvalue weighted by molar-refractivity contribution is -0.147. The highest BCUT2D eigenvalue weighted by Crippen LogP contribution is 2.53. The molecule has 7 aromatic carbocycles. The first-order chi connectivity index (χ1) is 48.3. The van der Waals surface area contributed by atoms with E-state index in [0.717, 1.165) is 17.0 Å². The number of nitrogens with zero attached hydrogens (tertiary/aromatic N) is 1. The van der Waals surface area contributed by atoms with Gasteiger partial charge in [-0.2, -0.15) is 52.7 Å². The number of ether oxygens (including phenoxy) is 5. The van der Waals surface area contributed by atoms with Crippen LogP contribution in [0.3, 0.4) is 0 Å². The zero-order valence-electron chi connectivity index (χ0n) is 55.4. The van der Waals surface area contributed by atoms with E-state index in [1.54, 1.807) is 91.0 Å². The minimum Gasteiger partial charge on any atom is -0.445 e. The molecule has 4 aliphatic rings. The van der Waals surface area contributed by atoms with Gasteiger partial charge in [0, 0.05) is 42.1 Å². The average molecular weight is 1450 g/mol. The van der Waals surface area contributed by atoms with Crippen molar-refractivity contribution in [3.8, 4) is 0 Å². The van der Waals surface area contributed by atoms with Crippen LogP contribution in [0, 0.1) is 23.5 Å². The van der Waals surface area contributed by atoms with Gasteiger partial charge in [-0.3, -0.25) is 14.5 Å². The highest BCUT2D eigenvalue weighted by Gasteiger charge is 2.61. The molecule has 3 N–H and O–H groups in total. The number of rotatable bonds is 18. The maximum absolute atomic E-state index is 14.4. The first kappa shape index (κ1) is 76.2. The number of carbonyl (C=O) groups is 5. The number of halogens is 14. The fourth-order valence-electron chi connectivity index (χ4n) is 14.0. The summed E-state index contributed by atoms with van der Waals surface area (Å²) in [6.07, 6.45) is -27.9. The molecule has 2 saturated heterocycles. The van der Waals surface area contributed by atoms with Crippen LogP contribution in [0.5, 0.6) is 0 Å². The second-order valence-electron chi connectivity index (χ2n) is 26.4. The molecule has 11 rings (SSSR count). The van der Waals surface area contributed by atoms with Crippen LogP contribution in [0.2, 0.25) is 0 Å². The molecule has 28 heteroatoms. The predicted molar refractivity (Wildman–Crippen MR) is 341 cm³/mol. The second-order valence-corrected chi connectivity index (χ2v) is 26.4. The number of benzene rings is 7. The van der Waals surface area contributed by atoms with Gasteiger partial charge in [-0.1, -0.05) is 115 Å². The third-order valence-electron chi connectivity index (χ3n) is 19.1. The van der Waals surface area contributed by atoms with E-state index in [9.17, 15) is 90.5 Å². The number of ketones is 1. The van der Waals surface area contributed by atoms with Gasteiger partial charge < -0.3 is 39.4 Å². The molecule has 103 heavy (non-hydrogen) atoms. The Morgan fingerprint density at radius 1 is 0.563 bits per heavy atom. The van der Waals surface area contributed by atoms with Crippen molar-refractivity contribution < 1.29 is 114 Å². The molecule has 548 valence electrons. The summed E-state index contributed by atoms with van der Waals surface area (Å²) in [5.41, 5.74) is -9.44. The van der Waals surface area contributed by atoms with Gasteiger partial charge in [-0.05, 0) is 147 Å². The summed E-state index contributed by atoms with van der Waals surface area (Å²) in [5, 5.41) is 17.0. The SMILES string of the molecule is C[C@@H](O[C@H]1CC[C@@H](C(=O)C[C@]2(C)C(=O)O[C@@H](c3ccccc3)N2C(=O)OCc2ccccc2)[C@@H]1c1ccc(F)cc1)c1cc(C(F)(F)F)cc(C(F)(F)F)c1.C[C@@H](O[C@H]1CC[C@@H](C2(O)C[C@@](C)(NC(=O)OCc3ccccc3)C(=O)N2)[C@@H]1c1ccc(F)cc1)c1cc(C(F)(F)F)cc(C(F)(F)F)c1. The molecule has 0 radical (unpaired) electrons. The molecule has 0 aromatic heterocycles. The zero-order valence-corrected chi connectivity index (χ0v) is 55.4. The fourth-order valence-corrected chi connectivity index (χ4v) is 14.0. The number of amides is 3. The molecule has 3 amide bonds. The Bertz CT molecular complexity index is 4100. The Labute approximate surface area is 581 Å². The van der Waals surface area contributed by atoms with Gasteiger partial charge in [-0.25, -0.2) is 23.2 Å². The van der Waals surface area contributed by atoms with Crippen molar-refractivity contribution in [2.45, 2.75) is 163 Å². The quantitative estimate of drug-likeness (QED) is 0.0423. The Hall–Kier alpha value is -9.41. The van der Waals surface area contributed by atoms with Crippen LogP contribution in [-0.2, 0) is 76.0 Å². The van der Waals surface area contributed by atoms with Crippen molar-refractivity contribution in [2.24, 2.45) is 11.8 Å². The Morgan fingerprint density at radius 3 is 1.44 bits per heavy atom. The van der Waals surface area contributed by atoms with Gasteiger partial charge in [0.05, 0.1) is 46.7 Å². The van der Waals surface area contributed by atoms with Crippen LogP contribution in [0.15, 0.2) is 176 Å². The molecule has 0 bridgehead atoms.